The second-order valence-corrected chi connectivity index (χ2v) is 8.16. The number of unbranched alkanes of at least 4 members (excludes halogenated alkanes) is 1. The Bertz CT molecular complexity index is 537. The summed E-state index contributed by atoms with van der Waals surface area (Å²) in [4.78, 5) is 3.71. The lowest BCUT2D eigenvalue weighted by Gasteiger charge is -2.32. The van der Waals surface area contributed by atoms with E-state index in [1.807, 2.05) is 0 Å². The predicted octanol–water partition coefficient (Wildman–Crippen LogP) is 5.58. The number of hydrogen-bond donors (Lipinski definition) is 1. The smallest absolute Gasteiger partial charge is 0.0844 e. The van der Waals surface area contributed by atoms with Crippen molar-refractivity contribution < 1.29 is 0 Å². The average Bonchev–Trinajstić information content (AvgIpc) is 2.83. The summed E-state index contributed by atoms with van der Waals surface area (Å²) in [6, 6.07) is 12.9. The zero-order valence-corrected chi connectivity index (χ0v) is 16.0. The van der Waals surface area contributed by atoms with E-state index >= 15 is 0 Å². The van der Waals surface area contributed by atoms with Gasteiger partial charge in [-0.1, -0.05) is 31.5 Å². The molecule has 0 aliphatic heterocycles. The first-order chi connectivity index (χ1) is 10.2. The highest BCUT2D eigenvalue weighted by Crippen LogP contribution is 2.38. The van der Waals surface area contributed by atoms with Crippen molar-refractivity contribution >= 4 is 48.9 Å². The Labute approximate surface area is 147 Å². The molecule has 2 aromatic rings. The fourth-order valence-electron chi connectivity index (χ4n) is 2.34. The van der Waals surface area contributed by atoms with Crippen LogP contribution < -0.4 is 10.6 Å². The summed E-state index contributed by atoms with van der Waals surface area (Å²) in [5.41, 5.74) is 7.35. The lowest BCUT2D eigenvalue weighted by atomic mass is 10.1. The van der Waals surface area contributed by atoms with E-state index < -0.39 is 0 Å². The van der Waals surface area contributed by atoms with Crippen LogP contribution in [0.3, 0.4) is 0 Å². The number of hydrogen-bond acceptors (Lipinski definition) is 3. The van der Waals surface area contributed by atoms with Crippen molar-refractivity contribution in [3.8, 4) is 0 Å². The molecule has 114 valence electrons. The monoisotopic (exact) mass is 430 g/mol. The molecule has 0 bridgehead atoms. The summed E-state index contributed by atoms with van der Waals surface area (Å²) in [5, 5.41) is 0. The molecule has 0 amide bonds. The molecule has 1 aromatic carbocycles. The second kappa shape index (κ2) is 8.32. The van der Waals surface area contributed by atoms with Gasteiger partial charge >= 0.3 is 0 Å². The van der Waals surface area contributed by atoms with E-state index in [1.54, 1.807) is 11.3 Å². The van der Waals surface area contributed by atoms with Crippen LogP contribution >= 0.6 is 43.2 Å². The van der Waals surface area contributed by atoms with Crippen LogP contribution in [0.15, 0.2) is 44.7 Å². The maximum absolute atomic E-state index is 6.11. The average molecular weight is 432 g/mol. The molecule has 21 heavy (non-hydrogen) atoms. The van der Waals surface area contributed by atoms with Crippen LogP contribution in [0, 0.1) is 0 Å². The molecule has 0 spiro atoms. The molecule has 0 saturated heterocycles. The van der Waals surface area contributed by atoms with Gasteiger partial charge in [0.1, 0.15) is 0 Å². The third-order valence-corrected chi connectivity index (χ3v) is 6.79. The van der Waals surface area contributed by atoms with Crippen LogP contribution in [-0.2, 0) is 0 Å². The Hall–Kier alpha value is -0.360. The van der Waals surface area contributed by atoms with E-state index in [0.29, 0.717) is 6.54 Å². The first-order valence-corrected chi connectivity index (χ1v) is 9.54. The van der Waals surface area contributed by atoms with Crippen molar-refractivity contribution in [3.63, 3.8) is 0 Å². The van der Waals surface area contributed by atoms with E-state index in [-0.39, 0.29) is 6.04 Å². The van der Waals surface area contributed by atoms with Crippen LogP contribution in [0.1, 0.15) is 30.7 Å². The molecule has 0 saturated carbocycles. The topological polar surface area (TPSA) is 29.3 Å². The molecule has 1 atom stereocenters. The summed E-state index contributed by atoms with van der Waals surface area (Å²) >= 11 is 8.91. The maximum Gasteiger partial charge on any atom is 0.0844 e. The third-order valence-electron chi connectivity index (χ3n) is 3.43. The summed E-state index contributed by atoms with van der Waals surface area (Å²) in [6.45, 7) is 3.85. The largest absolute Gasteiger partial charge is 0.362 e. The SMILES string of the molecule is CCCCN(c1ccccc1)C(CN)c1cc(Br)c(Br)s1. The molecule has 5 heteroatoms. The van der Waals surface area contributed by atoms with Crippen molar-refractivity contribution in [2.45, 2.75) is 25.8 Å². The third kappa shape index (κ3) is 4.31. The number of benzene rings is 1. The van der Waals surface area contributed by atoms with Gasteiger partial charge in [0.2, 0.25) is 0 Å². The molecule has 1 aromatic heterocycles. The van der Waals surface area contributed by atoms with Crippen LogP contribution in [0.5, 0.6) is 0 Å². The Morgan fingerprint density at radius 3 is 2.48 bits per heavy atom. The fourth-order valence-corrected chi connectivity index (χ4v) is 4.55. The number of para-hydroxylation sites is 1. The molecule has 0 aliphatic rings. The van der Waals surface area contributed by atoms with Gasteiger partial charge in [0.15, 0.2) is 0 Å². The Morgan fingerprint density at radius 2 is 1.95 bits per heavy atom. The van der Waals surface area contributed by atoms with E-state index in [0.717, 1.165) is 14.8 Å². The molecule has 2 N–H and O–H groups in total. The Kier molecular flexibility index (Phi) is 6.74. The second-order valence-electron chi connectivity index (χ2n) is 4.90. The number of thiophene rings is 1. The maximum atomic E-state index is 6.11. The number of rotatable bonds is 7. The Balaban J connectivity index is 2.32. The molecule has 0 radical (unpaired) electrons. The van der Waals surface area contributed by atoms with Crippen LogP contribution in [0.25, 0.3) is 0 Å². The van der Waals surface area contributed by atoms with Crippen molar-refractivity contribution in [3.05, 3.63) is 49.5 Å². The minimum atomic E-state index is 0.214. The summed E-state index contributed by atoms with van der Waals surface area (Å²) in [5.74, 6) is 0. The highest BCUT2D eigenvalue weighted by Gasteiger charge is 2.22. The Morgan fingerprint density at radius 1 is 1.24 bits per heavy atom. The molecule has 2 nitrogen and oxygen atoms in total. The lowest BCUT2D eigenvalue weighted by molar-refractivity contribution is 0.612. The zero-order chi connectivity index (χ0) is 15.2. The number of halogens is 2. The van der Waals surface area contributed by atoms with Gasteiger partial charge in [-0.15, -0.1) is 11.3 Å². The van der Waals surface area contributed by atoms with Gasteiger partial charge in [-0.3, -0.25) is 0 Å². The number of nitrogens with two attached hydrogens (primary N) is 1. The van der Waals surface area contributed by atoms with Crippen molar-refractivity contribution in [1.82, 2.24) is 0 Å². The lowest BCUT2D eigenvalue weighted by Crippen LogP contribution is -2.34. The molecule has 2 rings (SSSR count). The first kappa shape index (κ1) is 17.0. The first-order valence-electron chi connectivity index (χ1n) is 7.13. The van der Waals surface area contributed by atoms with Gasteiger partial charge in [0.25, 0.3) is 0 Å². The fraction of sp³-hybridized carbons (Fsp3) is 0.375. The van der Waals surface area contributed by atoms with Gasteiger partial charge in [0, 0.05) is 28.1 Å². The van der Waals surface area contributed by atoms with Gasteiger partial charge in [0.05, 0.1) is 9.83 Å². The molecule has 1 unspecified atom stereocenters. The van der Waals surface area contributed by atoms with Gasteiger partial charge in [-0.2, -0.15) is 0 Å². The minimum Gasteiger partial charge on any atom is -0.362 e. The van der Waals surface area contributed by atoms with Gasteiger partial charge in [-0.05, 0) is 56.5 Å². The minimum absolute atomic E-state index is 0.214. The number of nitrogens with zero attached hydrogens (tertiary/aromatic N) is 1. The van der Waals surface area contributed by atoms with Gasteiger partial charge in [-0.25, -0.2) is 0 Å². The quantitative estimate of drug-likeness (QED) is 0.619. The van der Waals surface area contributed by atoms with Crippen LogP contribution in [-0.4, -0.2) is 13.1 Å². The van der Waals surface area contributed by atoms with Crippen molar-refractivity contribution in [1.29, 1.82) is 0 Å². The van der Waals surface area contributed by atoms with Crippen LogP contribution in [0.4, 0.5) is 5.69 Å². The highest BCUT2D eigenvalue weighted by molar-refractivity contribution is 9.13. The number of anilines is 1. The molecule has 0 fully saturated rings. The van der Waals surface area contributed by atoms with E-state index in [2.05, 4.69) is 80.1 Å². The molecular formula is C16H20Br2N2S. The van der Waals surface area contributed by atoms with Crippen LogP contribution in [0.2, 0.25) is 0 Å². The van der Waals surface area contributed by atoms with E-state index in [9.17, 15) is 0 Å². The normalized spacial score (nSPS) is 12.4. The summed E-state index contributed by atoms with van der Waals surface area (Å²) in [7, 11) is 0. The molecule has 1 heterocycles. The van der Waals surface area contributed by atoms with Crippen molar-refractivity contribution in [2.75, 3.05) is 18.0 Å². The van der Waals surface area contributed by atoms with E-state index in [1.165, 1.54) is 23.4 Å². The summed E-state index contributed by atoms with van der Waals surface area (Å²) in [6.07, 6.45) is 2.34. The standard InChI is InChI=1S/C16H20Br2N2S/c1-2-3-9-20(12-7-5-4-6-8-12)14(11-19)15-10-13(17)16(18)21-15/h4-8,10,14H,2-3,9,11,19H2,1H3. The van der Waals surface area contributed by atoms with E-state index in [4.69, 9.17) is 5.73 Å². The van der Waals surface area contributed by atoms with Gasteiger partial charge < -0.3 is 10.6 Å². The summed E-state index contributed by atoms with van der Waals surface area (Å²) < 4.78 is 2.23. The molecule has 0 aliphatic carbocycles. The van der Waals surface area contributed by atoms with Crippen molar-refractivity contribution in [2.24, 2.45) is 5.73 Å². The predicted molar refractivity (Wildman–Crippen MR) is 100 cm³/mol. The zero-order valence-electron chi connectivity index (χ0n) is 12.1. The highest BCUT2D eigenvalue weighted by atomic mass is 79.9. The molecular weight excluding hydrogens is 412 g/mol.